The lowest BCUT2D eigenvalue weighted by molar-refractivity contribution is 0.0927. The topological polar surface area (TPSA) is 41.1 Å². The molecule has 0 aliphatic carbocycles. The molecule has 19 heavy (non-hydrogen) atoms. The second-order valence-electron chi connectivity index (χ2n) is 4.68. The first-order chi connectivity index (χ1) is 9.34. The van der Waals surface area contributed by atoms with Crippen molar-refractivity contribution in [2.75, 3.05) is 6.54 Å². The third kappa shape index (κ3) is 2.51. The van der Waals surface area contributed by atoms with E-state index in [1.54, 1.807) is 0 Å². The molecule has 3 rings (SSSR count). The summed E-state index contributed by atoms with van der Waals surface area (Å²) in [6.07, 6.45) is 0.908. The average Bonchev–Trinajstić information content (AvgIpc) is 2.48. The molecule has 1 atom stereocenters. The van der Waals surface area contributed by atoms with Gasteiger partial charge in [-0.15, -0.1) is 0 Å². The minimum absolute atomic E-state index is 0.0465. The van der Waals surface area contributed by atoms with Crippen LogP contribution in [-0.2, 0) is 6.42 Å². The molecule has 0 radical (unpaired) electrons. The molecule has 1 amide bonds. The van der Waals surface area contributed by atoms with Crippen LogP contribution >= 0.6 is 0 Å². The molecule has 96 valence electrons. The van der Waals surface area contributed by atoms with Gasteiger partial charge in [0.25, 0.3) is 5.91 Å². The maximum atomic E-state index is 12.2. The maximum absolute atomic E-state index is 12.2. The van der Waals surface area contributed by atoms with Crippen LogP contribution in [0.25, 0.3) is 0 Å². The first-order valence-corrected chi connectivity index (χ1v) is 6.52. The molecule has 0 saturated heterocycles. The number of fused-ring (bicyclic) bond motifs is 1. The van der Waals surface area contributed by atoms with Gasteiger partial charge in [0, 0.05) is 12.1 Å². The van der Waals surface area contributed by atoms with Crippen molar-refractivity contribution in [3.8, 4) is 0 Å². The quantitative estimate of drug-likeness (QED) is 0.860. The Labute approximate surface area is 112 Å². The summed E-state index contributed by atoms with van der Waals surface area (Å²) in [5.41, 5.74) is 3.16. The molecule has 1 heterocycles. The first-order valence-electron chi connectivity index (χ1n) is 6.52. The second kappa shape index (κ2) is 5.24. The number of hydrogen-bond acceptors (Lipinski definition) is 2. The minimum atomic E-state index is -0.0994. The lowest BCUT2D eigenvalue weighted by Crippen LogP contribution is -2.42. The average molecular weight is 252 g/mol. The number of hydrogen-bond donors (Lipinski definition) is 2. The summed E-state index contributed by atoms with van der Waals surface area (Å²) >= 11 is 0. The van der Waals surface area contributed by atoms with Crippen LogP contribution in [0, 0.1) is 0 Å². The van der Waals surface area contributed by atoms with Crippen LogP contribution in [0.3, 0.4) is 0 Å². The van der Waals surface area contributed by atoms with Crippen molar-refractivity contribution in [3.63, 3.8) is 0 Å². The van der Waals surface area contributed by atoms with Gasteiger partial charge in [0.2, 0.25) is 0 Å². The van der Waals surface area contributed by atoms with Gasteiger partial charge >= 0.3 is 0 Å². The zero-order valence-electron chi connectivity index (χ0n) is 10.6. The summed E-state index contributed by atoms with van der Waals surface area (Å²) in [4.78, 5) is 12.2. The molecule has 1 aliphatic heterocycles. The summed E-state index contributed by atoms with van der Waals surface area (Å²) < 4.78 is 0. The molecule has 2 aromatic rings. The molecule has 2 N–H and O–H groups in total. The monoisotopic (exact) mass is 252 g/mol. The molecule has 1 aliphatic rings. The molecule has 0 saturated carbocycles. The Bertz CT molecular complexity index is 580. The SMILES string of the molecule is O=C(NC1NCCc2ccccc21)c1ccccc1. The molecule has 0 aromatic heterocycles. The Morgan fingerprint density at radius 3 is 2.63 bits per heavy atom. The Balaban J connectivity index is 1.80. The van der Waals surface area contributed by atoms with Crippen LogP contribution in [0.1, 0.15) is 27.7 Å². The van der Waals surface area contributed by atoms with Crippen LogP contribution in [0.15, 0.2) is 54.6 Å². The van der Waals surface area contributed by atoms with E-state index in [1.165, 1.54) is 5.56 Å². The summed E-state index contributed by atoms with van der Waals surface area (Å²) in [6, 6.07) is 17.5. The van der Waals surface area contributed by atoms with E-state index in [1.807, 2.05) is 42.5 Å². The van der Waals surface area contributed by atoms with Crippen LogP contribution < -0.4 is 10.6 Å². The fourth-order valence-electron chi connectivity index (χ4n) is 2.44. The second-order valence-corrected chi connectivity index (χ2v) is 4.68. The highest BCUT2D eigenvalue weighted by Crippen LogP contribution is 2.20. The summed E-state index contributed by atoms with van der Waals surface area (Å²) in [7, 11) is 0. The molecule has 0 spiro atoms. The largest absolute Gasteiger partial charge is 0.333 e. The third-order valence-electron chi connectivity index (χ3n) is 3.42. The maximum Gasteiger partial charge on any atom is 0.252 e. The number of carbonyl (C=O) groups excluding carboxylic acids is 1. The van der Waals surface area contributed by atoms with Gasteiger partial charge in [0.05, 0.1) is 0 Å². The highest BCUT2D eigenvalue weighted by atomic mass is 16.1. The Hall–Kier alpha value is -2.13. The van der Waals surface area contributed by atoms with E-state index < -0.39 is 0 Å². The normalized spacial score (nSPS) is 17.6. The fourth-order valence-corrected chi connectivity index (χ4v) is 2.44. The number of nitrogens with one attached hydrogen (secondary N) is 2. The van der Waals surface area contributed by atoms with Gasteiger partial charge in [-0.05, 0) is 29.7 Å². The standard InChI is InChI=1S/C16H16N2O/c19-16(13-7-2-1-3-8-13)18-15-14-9-5-4-6-12(14)10-11-17-15/h1-9,15,17H,10-11H2,(H,18,19). The molecule has 1 unspecified atom stereocenters. The van der Waals surface area contributed by atoms with Gasteiger partial charge in [0.1, 0.15) is 6.17 Å². The lowest BCUT2D eigenvalue weighted by Gasteiger charge is -2.27. The van der Waals surface area contributed by atoms with Crippen LogP contribution in [0.4, 0.5) is 0 Å². The van der Waals surface area contributed by atoms with Crippen molar-refractivity contribution < 1.29 is 4.79 Å². The van der Waals surface area contributed by atoms with E-state index in [2.05, 4.69) is 22.8 Å². The number of benzene rings is 2. The fraction of sp³-hybridized carbons (Fsp3) is 0.188. The third-order valence-corrected chi connectivity index (χ3v) is 3.42. The Morgan fingerprint density at radius 2 is 1.79 bits per heavy atom. The van der Waals surface area contributed by atoms with Crippen molar-refractivity contribution in [1.82, 2.24) is 10.6 Å². The van der Waals surface area contributed by atoms with Gasteiger partial charge in [-0.3, -0.25) is 10.1 Å². The minimum Gasteiger partial charge on any atom is -0.333 e. The van der Waals surface area contributed by atoms with Crippen molar-refractivity contribution >= 4 is 5.91 Å². The van der Waals surface area contributed by atoms with E-state index >= 15 is 0 Å². The molecule has 2 aromatic carbocycles. The molecule has 0 bridgehead atoms. The smallest absolute Gasteiger partial charge is 0.252 e. The predicted molar refractivity (Wildman–Crippen MR) is 74.8 cm³/mol. The predicted octanol–water partition coefficient (Wildman–Crippen LogP) is 2.26. The number of rotatable bonds is 2. The highest BCUT2D eigenvalue weighted by molar-refractivity contribution is 5.94. The Kier molecular flexibility index (Phi) is 3.29. The number of amides is 1. The summed E-state index contributed by atoms with van der Waals surface area (Å²) in [5, 5.41) is 6.39. The summed E-state index contributed by atoms with van der Waals surface area (Å²) in [5.74, 6) is -0.0465. The van der Waals surface area contributed by atoms with Crippen LogP contribution in [0.2, 0.25) is 0 Å². The van der Waals surface area contributed by atoms with E-state index in [0.29, 0.717) is 5.56 Å². The van der Waals surface area contributed by atoms with E-state index in [0.717, 1.165) is 18.5 Å². The van der Waals surface area contributed by atoms with E-state index in [-0.39, 0.29) is 12.1 Å². The van der Waals surface area contributed by atoms with Gasteiger partial charge in [-0.1, -0.05) is 42.5 Å². The van der Waals surface area contributed by atoms with Crippen molar-refractivity contribution in [3.05, 3.63) is 71.3 Å². The molecule has 0 fully saturated rings. The van der Waals surface area contributed by atoms with Crippen LogP contribution in [-0.4, -0.2) is 12.5 Å². The highest BCUT2D eigenvalue weighted by Gasteiger charge is 2.20. The van der Waals surface area contributed by atoms with Gasteiger partial charge < -0.3 is 5.32 Å². The summed E-state index contributed by atoms with van der Waals surface area (Å²) in [6.45, 7) is 0.886. The molecular weight excluding hydrogens is 236 g/mol. The van der Waals surface area contributed by atoms with Crippen molar-refractivity contribution in [2.45, 2.75) is 12.6 Å². The zero-order chi connectivity index (χ0) is 13.1. The van der Waals surface area contributed by atoms with E-state index in [9.17, 15) is 4.79 Å². The van der Waals surface area contributed by atoms with Crippen molar-refractivity contribution in [2.24, 2.45) is 0 Å². The van der Waals surface area contributed by atoms with E-state index in [4.69, 9.17) is 0 Å². The molecule has 3 heteroatoms. The van der Waals surface area contributed by atoms with Gasteiger partial charge in [-0.2, -0.15) is 0 Å². The van der Waals surface area contributed by atoms with Crippen molar-refractivity contribution in [1.29, 1.82) is 0 Å². The van der Waals surface area contributed by atoms with Gasteiger partial charge in [0.15, 0.2) is 0 Å². The lowest BCUT2D eigenvalue weighted by atomic mass is 9.98. The molecular formula is C16H16N2O. The van der Waals surface area contributed by atoms with Gasteiger partial charge in [-0.25, -0.2) is 0 Å². The Morgan fingerprint density at radius 1 is 1.05 bits per heavy atom. The first kappa shape index (κ1) is 11.9. The molecule has 3 nitrogen and oxygen atoms in total. The zero-order valence-corrected chi connectivity index (χ0v) is 10.6. The van der Waals surface area contributed by atoms with Crippen LogP contribution in [0.5, 0.6) is 0 Å². The number of carbonyl (C=O) groups is 1.